The molecule has 0 saturated heterocycles. The van der Waals surface area contributed by atoms with Gasteiger partial charge in [0.15, 0.2) is 0 Å². The summed E-state index contributed by atoms with van der Waals surface area (Å²) in [5.74, 6) is 11.9. The fraction of sp³-hybridized carbons (Fsp3) is 0. The van der Waals surface area contributed by atoms with Gasteiger partial charge in [0.1, 0.15) is 11.4 Å². The summed E-state index contributed by atoms with van der Waals surface area (Å²) in [7, 11) is 0. The highest BCUT2D eigenvalue weighted by Crippen LogP contribution is 2.14. The maximum Gasteiger partial charge on any atom is 0.316 e. The van der Waals surface area contributed by atoms with Gasteiger partial charge in [-0.05, 0) is 48.2 Å². The number of nitrogens with one attached hydrogen (secondary N) is 2. The van der Waals surface area contributed by atoms with Crippen molar-refractivity contribution in [2.24, 2.45) is 11.5 Å². The van der Waals surface area contributed by atoms with Crippen molar-refractivity contribution < 1.29 is 9.59 Å². The minimum absolute atomic E-state index is 0.513. The van der Waals surface area contributed by atoms with Crippen molar-refractivity contribution in [1.29, 1.82) is 0 Å². The molecule has 0 aliphatic carbocycles. The van der Waals surface area contributed by atoms with Crippen LogP contribution in [0.2, 0.25) is 0 Å². The third-order valence-electron chi connectivity index (χ3n) is 3.77. The number of aromatic nitrogens is 1. The Bertz CT molecular complexity index is 1140. The lowest BCUT2D eigenvalue weighted by Crippen LogP contribution is -2.19. The molecule has 2 aromatic carbocycles. The molecule has 4 amide bonds. The molecule has 3 rings (SSSR count). The molecule has 1 heterocycles. The first-order valence-corrected chi connectivity index (χ1v) is 8.83. The Morgan fingerprint density at radius 1 is 0.633 bits per heavy atom. The number of urea groups is 2. The monoisotopic (exact) mass is 395 g/mol. The number of amides is 4. The Hall–Kier alpha value is -4.75. The number of para-hydroxylation sites is 2. The molecule has 1 aromatic heterocycles. The van der Waals surface area contributed by atoms with E-state index >= 15 is 0 Å². The third-order valence-corrected chi connectivity index (χ3v) is 3.77. The van der Waals surface area contributed by atoms with Gasteiger partial charge in [0.05, 0.1) is 11.4 Å². The molecule has 0 aliphatic rings. The standard InChI is InChI=1S/C23H17N5O2/c24-22(29)27-20-10-3-1-6-16(20)12-14-18-8-5-9-19(26-18)15-13-17-7-2-4-11-21(17)28-23(25)30/h1-11H,(H3,24,27,29)(H3,25,28,30). The molecule has 7 heteroatoms. The Kier molecular flexibility index (Phi) is 6.30. The number of anilines is 2. The van der Waals surface area contributed by atoms with Gasteiger partial charge in [-0.1, -0.05) is 42.2 Å². The molecule has 0 atom stereocenters. The number of carbonyl (C=O) groups excluding carboxylic acids is 2. The minimum Gasteiger partial charge on any atom is -0.351 e. The molecule has 6 N–H and O–H groups in total. The number of hydrogen-bond acceptors (Lipinski definition) is 3. The topological polar surface area (TPSA) is 123 Å². The van der Waals surface area contributed by atoms with E-state index in [4.69, 9.17) is 11.5 Å². The van der Waals surface area contributed by atoms with Gasteiger partial charge in [-0.2, -0.15) is 0 Å². The number of nitrogens with zero attached hydrogens (tertiary/aromatic N) is 1. The van der Waals surface area contributed by atoms with Crippen molar-refractivity contribution >= 4 is 23.4 Å². The van der Waals surface area contributed by atoms with Gasteiger partial charge in [-0.25, -0.2) is 14.6 Å². The van der Waals surface area contributed by atoms with Crippen LogP contribution in [0.5, 0.6) is 0 Å². The first-order chi connectivity index (χ1) is 14.5. The highest BCUT2D eigenvalue weighted by molar-refractivity contribution is 5.90. The van der Waals surface area contributed by atoms with Crippen molar-refractivity contribution in [2.45, 2.75) is 0 Å². The number of benzene rings is 2. The van der Waals surface area contributed by atoms with Crippen LogP contribution >= 0.6 is 0 Å². The zero-order valence-electron chi connectivity index (χ0n) is 15.8. The van der Waals surface area contributed by atoms with Crippen LogP contribution in [0, 0.1) is 23.7 Å². The number of pyridine rings is 1. The van der Waals surface area contributed by atoms with E-state index in [0.717, 1.165) is 0 Å². The van der Waals surface area contributed by atoms with Crippen LogP contribution in [-0.2, 0) is 0 Å². The summed E-state index contributed by atoms with van der Waals surface area (Å²) in [6, 6.07) is 18.1. The maximum atomic E-state index is 11.1. The van der Waals surface area contributed by atoms with E-state index < -0.39 is 12.1 Å². The van der Waals surface area contributed by atoms with Crippen molar-refractivity contribution in [3.63, 3.8) is 0 Å². The highest BCUT2D eigenvalue weighted by atomic mass is 16.2. The minimum atomic E-state index is -0.661. The number of primary amides is 2. The number of carbonyl (C=O) groups is 2. The van der Waals surface area contributed by atoms with Gasteiger partial charge in [0, 0.05) is 11.1 Å². The second kappa shape index (κ2) is 9.45. The highest BCUT2D eigenvalue weighted by Gasteiger charge is 2.02. The molecule has 7 nitrogen and oxygen atoms in total. The van der Waals surface area contributed by atoms with Crippen LogP contribution in [-0.4, -0.2) is 17.0 Å². The molecule has 0 radical (unpaired) electrons. The lowest BCUT2D eigenvalue weighted by Gasteiger charge is -2.03. The summed E-state index contributed by atoms with van der Waals surface area (Å²) in [6.45, 7) is 0. The first-order valence-electron chi connectivity index (χ1n) is 8.83. The smallest absolute Gasteiger partial charge is 0.316 e. The van der Waals surface area contributed by atoms with Crippen LogP contribution in [0.3, 0.4) is 0 Å². The maximum absolute atomic E-state index is 11.1. The van der Waals surface area contributed by atoms with E-state index in [1.165, 1.54) is 0 Å². The Morgan fingerprint density at radius 2 is 1.07 bits per heavy atom. The second-order valence-electron chi connectivity index (χ2n) is 5.98. The fourth-order valence-electron chi connectivity index (χ4n) is 2.50. The summed E-state index contributed by atoms with van der Waals surface area (Å²) in [4.78, 5) is 26.6. The van der Waals surface area contributed by atoms with Gasteiger partial charge < -0.3 is 22.1 Å². The molecule has 146 valence electrons. The zero-order chi connectivity index (χ0) is 21.3. The van der Waals surface area contributed by atoms with E-state index in [0.29, 0.717) is 33.9 Å². The summed E-state index contributed by atoms with van der Waals surface area (Å²) < 4.78 is 0. The molecular weight excluding hydrogens is 378 g/mol. The second-order valence-corrected chi connectivity index (χ2v) is 5.98. The van der Waals surface area contributed by atoms with E-state index in [9.17, 15) is 9.59 Å². The van der Waals surface area contributed by atoms with Crippen molar-refractivity contribution in [2.75, 3.05) is 10.6 Å². The summed E-state index contributed by atoms with van der Waals surface area (Å²) in [5, 5.41) is 5.07. The van der Waals surface area contributed by atoms with Crippen LogP contribution in [0.1, 0.15) is 22.5 Å². The van der Waals surface area contributed by atoms with E-state index in [-0.39, 0.29) is 0 Å². The molecule has 0 saturated carbocycles. The number of hydrogen-bond donors (Lipinski definition) is 4. The average Bonchev–Trinajstić information content (AvgIpc) is 2.72. The van der Waals surface area contributed by atoms with Crippen LogP contribution in [0.25, 0.3) is 0 Å². The molecule has 0 aliphatic heterocycles. The first kappa shape index (κ1) is 20.0. The predicted octanol–water partition coefficient (Wildman–Crippen LogP) is 2.86. The Labute approximate surface area is 173 Å². The summed E-state index contributed by atoms with van der Waals surface area (Å²) >= 11 is 0. The number of nitrogens with two attached hydrogens (primary N) is 2. The van der Waals surface area contributed by atoms with E-state index in [1.807, 2.05) is 12.1 Å². The summed E-state index contributed by atoms with van der Waals surface area (Å²) in [6.07, 6.45) is 0. The largest absolute Gasteiger partial charge is 0.351 e. The van der Waals surface area contributed by atoms with Crippen molar-refractivity contribution in [1.82, 2.24) is 4.98 Å². The Balaban J connectivity index is 1.86. The van der Waals surface area contributed by atoms with Gasteiger partial charge >= 0.3 is 12.1 Å². The molecule has 0 bridgehead atoms. The number of rotatable bonds is 2. The van der Waals surface area contributed by atoms with Gasteiger partial charge in [-0.15, -0.1) is 0 Å². The molecule has 0 spiro atoms. The molecule has 3 aromatic rings. The lowest BCUT2D eigenvalue weighted by atomic mass is 10.1. The molecule has 0 fully saturated rings. The molecular formula is C23H17N5O2. The van der Waals surface area contributed by atoms with Crippen molar-refractivity contribution in [3.05, 3.63) is 89.2 Å². The van der Waals surface area contributed by atoms with Gasteiger partial charge in [0.2, 0.25) is 0 Å². The lowest BCUT2D eigenvalue weighted by molar-refractivity contribution is 0.258. The van der Waals surface area contributed by atoms with Crippen molar-refractivity contribution in [3.8, 4) is 23.7 Å². The van der Waals surface area contributed by atoms with E-state index in [1.54, 1.807) is 54.6 Å². The third kappa shape index (κ3) is 5.62. The van der Waals surface area contributed by atoms with E-state index in [2.05, 4.69) is 39.3 Å². The SMILES string of the molecule is NC(=O)Nc1ccccc1C#Cc1cccc(C#Cc2ccccc2NC(N)=O)n1. The predicted molar refractivity (Wildman–Crippen MR) is 115 cm³/mol. The normalized spacial score (nSPS) is 9.33. The molecule has 0 unspecified atom stereocenters. The van der Waals surface area contributed by atoms with Crippen LogP contribution < -0.4 is 22.1 Å². The molecule has 30 heavy (non-hydrogen) atoms. The fourth-order valence-corrected chi connectivity index (χ4v) is 2.50. The van der Waals surface area contributed by atoms with Crippen LogP contribution in [0.15, 0.2) is 66.7 Å². The zero-order valence-corrected chi connectivity index (χ0v) is 15.8. The Morgan fingerprint density at radius 3 is 1.50 bits per heavy atom. The van der Waals surface area contributed by atoms with Gasteiger partial charge in [-0.3, -0.25) is 0 Å². The van der Waals surface area contributed by atoms with Crippen LogP contribution in [0.4, 0.5) is 21.0 Å². The van der Waals surface area contributed by atoms with Gasteiger partial charge in [0.25, 0.3) is 0 Å². The average molecular weight is 395 g/mol. The quantitative estimate of drug-likeness (QED) is 0.499. The summed E-state index contributed by atoms with van der Waals surface area (Å²) in [5.41, 5.74) is 13.7.